The number of nitrogens with one attached hydrogen (secondary N) is 2. The number of hydrogen-bond acceptors (Lipinski definition) is 3. The van der Waals surface area contributed by atoms with Crippen molar-refractivity contribution in [2.75, 3.05) is 33.2 Å². The number of hydrogen-bond donors (Lipinski definition) is 2. The van der Waals surface area contributed by atoms with Crippen molar-refractivity contribution in [2.24, 2.45) is 17.8 Å². The van der Waals surface area contributed by atoms with Gasteiger partial charge in [-0.15, -0.1) is 0 Å². The molecule has 1 fully saturated rings. The third kappa shape index (κ3) is 5.12. The second kappa shape index (κ2) is 8.25. The Hall–Kier alpha value is -1.10. The number of piperidine rings is 1. The number of nitrogens with zero attached hydrogens (tertiary/aromatic N) is 1. The Morgan fingerprint density at radius 1 is 1.30 bits per heavy atom. The van der Waals surface area contributed by atoms with Gasteiger partial charge in [-0.2, -0.15) is 0 Å². The summed E-state index contributed by atoms with van der Waals surface area (Å²) in [7, 11) is 1.87. The molecule has 0 aromatic carbocycles. The molecule has 0 aromatic rings. The fourth-order valence-electron chi connectivity index (χ4n) is 2.59. The van der Waals surface area contributed by atoms with Crippen LogP contribution in [0.25, 0.3) is 0 Å². The molecule has 0 aliphatic carbocycles. The van der Waals surface area contributed by atoms with Crippen LogP contribution in [0.4, 0.5) is 0 Å². The van der Waals surface area contributed by atoms with E-state index in [-0.39, 0.29) is 23.7 Å². The summed E-state index contributed by atoms with van der Waals surface area (Å²) in [4.78, 5) is 25.8. The summed E-state index contributed by atoms with van der Waals surface area (Å²) in [5.41, 5.74) is 0. The monoisotopic (exact) mass is 283 g/mol. The highest BCUT2D eigenvalue weighted by atomic mass is 16.2. The highest BCUT2D eigenvalue weighted by Crippen LogP contribution is 2.17. The van der Waals surface area contributed by atoms with Crippen LogP contribution in [0.3, 0.4) is 0 Å². The van der Waals surface area contributed by atoms with Crippen LogP contribution in [0.5, 0.6) is 0 Å². The van der Waals surface area contributed by atoms with Crippen LogP contribution >= 0.6 is 0 Å². The first-order valence-electron chi connectivity index (χ1n) is 7.66. The van der Waals surface area contributed by atoms with Crippen molar-refractivity contribution < 1.29 is 9.59 Å². The summed E-state index contributed by atoms with van der Waals surface area (Å²) in [6.07, 6.45) is 2.11. The number of rotatable bonds is 6. The van der Waals surface area contributed by atoms with Gasteiger partial charge >= 0.3 is 0 Å². The molecule has 1 aliphatic rings. The molecule has 5 heteroatoms. The zero-order chi connectivity index (χ0) is 15.1. The smallest absolute Gasteiger partial charge is 0.226 e. The van der Waals surface area contributed by atoms with Gasteiger partial charge in [-0.05, 0) is 25.8 Å². The van der Waals surface area contributed by atoms with E-state index in [1.165, 1.54) is 0 Å². The Bertz CT molecular complexity index is 331. The van der Waals surface area contributed by atoms with Crippen LogP contribution in [0.2, 0.25) is 0 Å². The SMILES string of the molecule is CNCC(C)C(=O)N1CCCC(CNC(=O)C(C)C)C1. The van der Waals surface area contributed by atoms with Gasteiger partial charge in [-0.25, -0.2) is 0 Å². The Morgan fingerprint density at radius 2 is 2.00 bits per heavy atom. The average Bonchev–Trinajstić information content (AvgIpc) is 2.44. The minimum Gasteiger partial charge on any atom is -0.356 e. The van der Waals surface area contributed by atoms with E-state index < -0.39 is 0 Å². The summed E-state index contributed by atoms with van der Waals surface area (Å²) < 4.78 is 0. The maximum atomic E-state index is 12.3. The minimum atomic E-state index is 0.0176. The quantitative estimate of drug-likeness (QED) is 0.760. The standard InChI is InChI=1S/C15H29N3O2/c1-11(2)14(19)17-9-13-6-5-7-18(10-13)15(20)12(3)8-16-4/h11-13,16H,5-10H2,1-4H3,(H,17,19). The van der Waals surface area contributed by atoms with Crippen molar-refractivity contribution in [3.05, 3.63) is 0 Å². The zero-order valence-electron chi connectivity index (χ0n) is 13.2. The van der Waals surface area contributed by atoms with Crippen molar-refractivity contribution >= 4 is 11.8 Å². The van der Waals surface area contributed by atoms with Gasteiger partial charge in [0, 0.05) is 38.0 Å². The van der Waals surface area contributed by atoms with Crippen molar-refractivity contribution in [3.63, 3.8) is 0 Å². The highest BCUT2D eigenvalue weighted by molar-refractivity contribution is 5.79. The molecule has 0 aromatic heterocycles. The molecular weight excluding hydrogens is 254 g/mol. The van der Waals surface area contributed by atoms with Gasteiger partial charge in [0.2, 0.25) is 11.8 Å². The van der Waals surface area contributed by atoms with Crippen LogP contribution < -0.4 is 10.6 Å². The molecule has 0 bridgehead atoms. The molecule has 1 rings (SSSR count). The number of carbonyl (C=O) groups is 2. The first kappa shape index (κ1) is 17.0. The Labute approximate surface area is 122 Å². The second-order valence-corrected chi connectivity index (χ2v) is 6.15. The molecule has 0 saturated carbocycles. The van der Waals surface area contributed by atoms with Gasteiger partial charge in [0.1, 0.15) is 0 Å². The number of likely N-dealkylation sites (tertiary alicyclic amines) is 1. The Morgan fingerprint density at radius 3 is 2.60 bits per heavy atom. The number of carbonyl (C=O) groups excluding carboxylic acids is 2. The summed E-state index contributed by atoms with van der Waals surface area (Å²) in [5.74, 6) is 0.740. The predicted octanol–water partition coefficient (Wildman–Crippen LogP) is 0.853. The first-order valence-corrected chi connectivity index (χ1v) is 7.66. The van der Waals surface area contributed by atoms with Gasteiger partial charge < -0.3 is 15.5 Å². The van der Waals surface area contributed by atoms with Crippen LogP contribution in [0, 0.1) is 17.8 Å². The van der Waals surface area contributed by atoms with E-state index in [9.17, 15) is 9.59 Å². The second-order valence-electron chi connectivity index (χ2n) is 6.15. The Kier molecular flexibility index (Phi) is 6.99. The highest BCUT2D eigenvalue weighted by Gasteiger charge is 2.26. The van der Waals surface area contributed by atoms with Gasteiger partial charge in [0.25, 0.3) is 0 Å². The van der Waals surface area contributed by atoms with E-state index in [0.717, 1.165) is 25.9 Å². The molecule has 2 N–H and O–H groups in total. The molecular formula is C15H29N3O2. The Balaban J connectivity index is 2.42. The minimum absolute atomic E-state index is 0.0176. The maximum Gasteiger partial charge on any atom is 0.226 e. The summed E-state index contributed by atoms with van der Waals surface area (Å²) in [6, 6.07) is 0. The third-order valence-corrected chi connectivity index (χ3v) is 3.85. The number of amides is 2. The molecule has 0 radical (unpaired) electrons. The van der Waals surface area contributed by atoms with E-state index in [4.69, 9.17) is 0 Å². The molecule has 116 valence electrons. The fourth-order valence-corrected chi connectivity index (χ4v) is 2.59. The van der Waals surface area contributed by atoms with Crippen LogP contribution in [0.1, 0.15) is 33.6 Å². The average molecular weight is 283 g/mol. The largest absolute Gasteiger partial charge is 0.356 e. The maximum absolute atomic E-state index is 12.3. The topological polar surface area (TPSA) is 61.4 Å². The predicted molar refractivity (Wildman–Crippen MR) is 80.2 cm³/mol. The summed E-state index contributed by atoms with van der Waals surface area (Å²) in [5, 5.41) is 6.02. The van der Waals surface area contributed by atoms with Gasteiger partial charge in [-0.3, -0.25) is 9.59 Å². The molecule has 1 saturated heterocycles. The third-order valence-electron chi connectivity index (χ3n) is 3.85. The van der Waals surface area contributed by atoms with Crippen molar-refractivity contribution in [2.45, 2.75) is 33.6 Å². The van der Waals surface area contributed by atoms with Gasteiger partial charge in [-0.1, -0.05) is 20.8 Å². The first-order chi connectivity index (χ1) is 9.45. The lowest BCUT2D eigenvalue weighted by atomic mass is 9.96. The van der Waals surface area contributed by atoms with Crippen LogP contribution in [-0.4, -0.2) is 49.9 Å². The molecule has 1 heterocycles. The van der Waals surface area contributed by atoms with Gasteiger partial charge in [0.15, 0.2) is 0 Å². The van der Waals surface area contributed by atoms with E-state index in [0.29, 0.717) is 19.0 Å². The molecule has 2 amide bonds. The summed E-state index contributed by atoms with van der Waals surface area (Å²) in [6.45, 7) is 8.76. The normalized spacial score (nSPS) is 20.9. The summed E-state index contributed by atoms with van der Waals surface area (Å²) >= 11 is 0. The van der Waals surface area contributed by atoms with Gasteiger partial charge in [0.05, 0.1) is 0 Å². The van der Waals surface area contributed by atoms with E-state index >= 15 is 0 Å². The molecule has 2 atom stereocenters. The molecule has 5 nitrogen and oxygen atoms in total. The molecule has 20 heavy (non-hydrogen) atoms. The lowest BCUT2D eigenvalue weighted by molar-refractivity contribution is -0.136. The zero-order valence-corrected chi connectivity index (χ0v) is 13.2. The van der Waals surface area contributed by atoms with E-state index in [1.54, 1.807) is 0 Å². The van der Waals surface area contributed by atoms with E-state index in [2.05, 4.69) is 10.6 Å². The lowest BCUT2D eigenvalue weighted by Crippen LogP contribution is -2.47. The molecule has 0 spiro atoms. The van der Waals surface area contributed by atoms with E-state index in [1.807, 2.05) is 32.7 Å². The van der Waals surface area contributed by atoms with Crippen molar-refractivity contribution in [3.8, 4) is 0 Å². The van der Waals surface area contributed by atoms with Crippen molar-refractivity contribution in [1.29, 1.82) is 0 Å². The molecule has 2 unspecified atom stereocenters. The lowest BCUT2D eigenvalue weighted by Gasteiger charge is -2.34. The van der Waals surface area contributed by atoms with Crippen molar-refractivity contribution in [1.82, 2.24) is 15.5 Å². The molecule has 1 aliphatic heterocycles. The fraction of sp³-hybridized carbons (Fsp3) is 0.867. The van der Waals surface area contributed by atoms with Crippen LogP contribution in [-0.2, 0) is 9.59 Å². The van der Waals surface area contributed by atoms with Crippen LogP contribution in [0.15, 0.2) is 0 Å².